The van der Waals surface area contributed by atoms with Crippen molar-refractivity contribution >= 4 is 17.8 Å². The van der Waals surface area contributed by atoms with Gasteiger partial charge in [-0.2, -0.15) is 0 Å². The smallest absolute Gasteiger partial charge is 0.315 e. The zero-order valence-corrected chi connectivity index (χ0v) is 13.8. The van der Waals surface area contributed by atoms with Crippen LogP contribution in [0.1, 0.15) is 27.2 Å². The maximum atomic E-state index is 11.9. The number of rotatable bonds is 8. The lowest BCUT2D eigenvalue weighted by molar-refractivity contribution is 0.219. The number of hydrogen-bond donors (Lipinski definition) is 3. The van der Waals surface area contributed by atoms with Crippen LogP contribution in [-0.2, 0) is 0 Å². The van der Waals surface area contributed by atoms with Crippen LogP contribution in [0.2, 0.25) is 0 Å². The van der Waals surface area contributed by atoms with E-state index in [4.69, 9.17) is 5.11 Å². The number of hydrogen-bond acceptors (Lipinski definition) is 3. The summed E-state index contributed by atoms with van der Waals surface area (Å²) in [6.07, 6.45) is 0.583. The quantitative estimate of drug-likeness (QED) is 0.647. The fourth-order valence-electron chi connectivity index (χ4n) is 1.94. The topological polar surface area (TPSA) is 61.4 Å². The maximum Gasteiger partial charge on any atom is 0.315 e. The Morgan fingerprint density at radius 1 is 1.24 bits per heavy atom. The Hall–Kier alpha value is -1.20. The molecule has 118 valence electrons. The van der Waals surface area contributed by atoms with Crippen molar-refractivity contribution < 1.29 is 9.90 Å². The van der Waals surface area contributed by atoms with Crippen LogP contribution in [0.25, 0.3) is 0 Å². The SMILES string of the molecule is CC(CNC(=O)NC(CCO)C(C)C)Sc1ccccc1. The molecule has 2 atom stereocenters. The third-order valence-corrected chi connectivity index (χ3v) is 4.31. The van der Waals surface area contributed by atoms with Gasteiger partial charge in [0.2, 0.25) is 0 Å². The van der Waals surface area contributed by atoms with Crippen molar-refractivity contribution in [3.63, 3.8) is 0 Å². The molecule has 2 unspecified atom stereocenters. The van der Waals surface area contributed by atoms with Crippen LogP contribution >= 0.6 is 11.8 Å². The monoisotopic (exact) mass is 310 g/mol. The molecule has 5 heteroatoms. The van der Waals surface area contributed by atoms with E-state index in [0.717, 1.165) is 0 Å². The molecule has 0 aromatic heterocycles. The molecule has 4 nitrogen and oxygen atoms in total. The summed E-state index contributed by atoms with van der Waals surface area (Å²) in [5.41, 5.74) is 0. The van der Waals surface area contributed by atoms with Gasteiger partial charge in [0.1, 0.15) is 0 Å². The van der Waals surface area contributed by atoms with Crippen molar-refractivity contribution in [1.82, 2.24) is 10.6 Å². The van der Waals surface area contributed by atoms with Crippen LogP contribution in [0, 0.1) is 5.92 Å². The minimum Gasteiger partial charge on any atom is -0.396 e. The van der Waals surface area contributed by atoms with Gasteiger partial charge in [0, 0.05) is 29.3 Å². The summed E-state index contributed by atoms with van der Waals surface area (Å²) in [7, 11) is 0. The van der Waals surface area contributed by atoms with E-state index in [0.29, 0.717) is 24.1 Å². The molecule has 21 heavy (non-hydrogen) atoms. The fraction of sp³-hybridized carbons (Fsp3) is 0.562. The summed E-state index contributed by atoms with van der Waals surface area (Å²) < 4.78 is 0. The van der Waals surface area contributed by atoms with Gasteiger partial charge in [0.05, 0.1) is 0 Å². The minimum atomic E-state index is -0.164. The van der Waals surface area contributed by atoms with E-state index in [9.17, 15) is 4.79 Å². The number of carbonyl (C=O) groups excluding carboxylic acids is 1. The largest absolute Gasteiger partial charge is 0.396 e. The maximum absolute atomic E-state index is 11.9. The van der Waals surface area contributed by atoms with Gasteiger partial charge in [-0.05, 0) is 24.5 Å². The van der Waals surface area contributed by atoms with Crippen LogP contribution in [0.4, 0.5) is 4.79 Å². The molecular weight excluding hydrogens is 284 g/mol. The first-order valence-corrected chi connectivity index (χ1v) is 8.27. The number of aliphatic hydroxyl groups is 1. The van der Waals surface area contributed by atoms with Crippen molar-refractivity contribution in [3.8, 4) is 0 Å². The van der Waals surface area contributed by atoms with E-state index >= 15 is 0 Å². The van der Waals surface area contributed by atoms with Crippen molar-refractivity contribution in [2.24, 2.45) is 5.92 Å². The van der Waals surface area contributed by atoms with Gasteiger partial charge in [0.25, 0.3) is 0 Å². The average Bonchev–Trinajstić information content (AvgIpc) is 2.45. The van der Waals surface area contributed by atoms with Gasteiger partial charge in [-0.1, -0.05) is 39.0 Å². The molecule has 0 fully saturated rings. The number of thioether (sulfide) groups is 1. The summed E-state index contributed by atoms with van der Waals surface area (Å²) in [6, 6.07) is 9.99. The zero-order chi connectivity index (χ0) is 15.7. The minimum absolute atomic E-state index is 0.00656. The molecule has 3 N–H and O–H groups in total. The van der Waals surface area contributed by atoms with Gasteiger partial charge < -0.3 is 15.7 Å². The Morgan fingerprint density at radius 3 is 2.48 bits per heavy atom. The molecule has 1 aromatic rings. The molecule has 0 spiro atoms. The van der Waals surface area contributed by atoms with Crippen LogP contribution in [-0.4, -0.2) is 35.6 Å². The summed E-state index contributed by atoms with van der Waals surface area (Å²) >= 11 is 1.74. The highest BCUT2D eigenvalue weighted by Gasteiger charge is 2.15. The van der Waals surface area contributed by atoms with E-state index in [-0.39, 0.29) is 18.7 Å². The second-order valence-corrected chi connectivity index (χ2v) is 6.97. The molecule has 2 amide bonds. The van der Waals surface area contributed by atoms with Crippen LogP contribution in [0.15, 0.2) is 35.2 Å². The normalized spacial score (nSPS) is 13.8. The molecule has 0 radical (unpaired) electrons. The van der Waals surface area contributed by atoms with Gasteiger partial charge >= 0.3 is 6.03 Å². The first-order chi connectivity index (χ1) is 10.0. The molecule has 0 bridgehead atoms. The van der Waals surface area contributed by atoms with E-state index in [1.165, 1.54) is 4.90 Å². The number of nitrogens with one attached hydrogen (secondary N) is 2. The summed E-state index contributed by atoms with van der Waals surface area (Å²) in [4.78, 5) is 13.1. The molecule has 0 aliphatic carbocycles. The summed E-state index contributed by atoms with van der Waals surface area (Å²) in [5.74, 6) is 0.305. The van der Waals surface area contributed by atoms with E-state index in [2.05, 4.69) is 29.7 Å². The Labute approximate surface area is 131 Å². The van der Waals surface area contributed by atoms with Gasteiger partial charge in [0.15, 0.2) is 0 Å². The van der Waals surface area contributed by atoms with Gasteiger partial charge in [-0.15, -0.1) is 11.8 Å². The van der Waals surface area contributed by atoms with Crippen molar-refractivity contribution in [2.75, 3.05) is 13.2 Å². The number of aliphatic hydroxyl groups excluding tert-OH is 1. The van der Waals surface area contributed by atoms with E-state index in [1.807, 2.05) is 32.0 Å². The first kappa shape index (κ1) is 17.9. The predicted molar refractivity (Wildman–Crippen MR) is 88.6 cm³/mol. The van der Waals surface area contributed by atoms with Crippen molar-refractivity contribution in [2.45, 2.75) is 43.4 Å². The molecule has 0 aliphatic rings. The highest BCUT2D eigenvalue weighted by atomic mass is 32.2. The second-order valence-electron chi connectivity index (χ2n) is 5.46. The predicted octanol–water partition coefficient (Wildman–Crippen LogP) is 2.87. The fourth-order valence-corrected chi connectivity index (χ4v) is 2.89. The van der Waals surface area contributed by atoms with Crippen LogP contribution < -0.4 is 10.6 Å². The Kier molecular flexibility index (Phi) is 8.23. The van der Waals surface area contributed by atoms with Crippen molar-refractivity contribution in [1.29, 1.82) is 0 Å². The lowest BCUT2D eigenvalue weighted by atomic mass is 10.0. The molecular formula is C16H26N2O2S. The summed E-state index contributed by atoms with van der Waals surface area (Å²) in [6.45, 7) is 6.85. The first-order valence-electron chi connectivity index (χ1n) is 7.39. The number of urea groups is 1. The Balaban J connectivity index is 2.31. The average molecular weight is 310 g/mol. The highest BCUT2D eigenvalue weighted by molar-refractivity contribution is 8.00. The lowest BCUT2D eigenvalue weighted by Crippen LogP contribution is -2.46. The van der Waals surface area contributed by atoms with E-state index < -0.39 is 0 Å². The van der Waals surface area contributed by atoms with E-state index in [1.54, 1.807) is 11.8 Å². The summed E-state index contributed by atoms with van der Waals surface area (Å²) in [5, 5.41) is 15.1. The standard InChI is InChI=1S/C16H26N2O2S/c1-12(2)15(9-10-19)18-16(20)17-11-13(3)21-14-7-5-4-6-8-14/h4-8,12-13,15,19H,9-11H2,1-3H3,(H2,17,18,20). The Morgan fingerprint density at radius 2 is 1.90 bits per heavy atom. The van der Waals surface area contributed by atoms with Gasteiger partial charge in [-0.3, -0.25) is 0 Å². The lowest BCUT2D eigenvalue weighted by Gasteiger charge is -2.22. The third-order valence-electron chi connectivity index (χ3n) is 3.19. The number of carbonyl (C=O) groups is 1. The number of benzene rings is 1. The molecule has 0 saturated carbocycles. The molecule has 0 heterocycles. The van der Waals surface area contributed by atoms with Crippen LogP contribution in [0.5, 0.6) is 0 Å². The highest BCUT2D eigenvalue weighted by Crippen LogP contribution is 2.21. The molecule has 0 saturated heterocycles. The van der Waals surface area contributed by atoms with Crippen molar-refractivity contribution in [3.05, 3.63) is 30.3 Å². The van der Waals surface area contributed by atoms with Gasteiger partial charge in [-0.25, -0.2) is 4.79 Å². The molecule has 1 aromatic carbocycles. The zero-order valence-electron chi connectivity index (χ0n) is 13.0. The molecule has 1 rings (SSSR count). The third kappa shape index (κ3) is 7.39. The number of amides is 2. The van der Waals surface area contributed by atoms with Crippen LogP contribution in [0.3, 0.4) is 0 Å². The second kappa shape index (κ2) is 9.68. The Bertz CT molecular complexity index is 412. The molecule has 0 aliphatic heterocycles.